The number of rotatable bonds is 12. The molecule has 0 fully saturated rings. The number of nitrogens with zero attached hydrogens (tertiary/aromatic N) is 3. The molecule has 4 aromatic rings. The van der Waals surface area contributed by atoms with Crippen molar-refractivity contribution in [2.45, 2.75) is 78.0 Å². The summed E-state index contributed by atoms with van der Waals surface area (Å²) in [5, 5.41) is 4.79. The van der Waals surface area contributed by atoms with Crippen LogP contribution in [0.5, 0.6) is 11.5 Å². The van der Waals surface area contributed by atoms with E-state index in [0.29, 0.717) is 25.3 Å². The van der Waals surface area contributed by atoms with E-state index < -0.39 is 11.6 Å². The Balaban J connectivity index is 1.49. The fourth-order valence-corrected chi connectivity index (χ4v) is 4.89. The van der Waals surface area contributed by atoms with Crippen molar-refractivity contribution in [2.75, 3.05) is 14.2 Å². The number of aromatic nitrogens is 3. The number of carbonyl (C=O) groups excluding carboxylic acids is 1. The summed E-state index contributed by atoms with van der Waals surface area (Å²) >= 11 is 0. The molecule has 1 heterocycles. The van der Waals surface area contributed by atoms with Gasteiger partial charge in [-0.15, -0.1) is 0 Å². The minimum absolute atomic E-state index is 0.0650. The van der Waals surface area contributed by atoms with Gasteiger partial charge in [0.1, 0.15) is 17.3 Å². The molecule has 1 aromatic heterocycles. The molecular weight excluding hydrogens is 542 g/mol. The van der Waals surface area contributed by atoms with Gasteiger partial charge in [-0.25, -0.2) is 14.3 Å². The van der Waals surface area contributed by atoms with Crippen LogP contribution in [0.2, 0.25) is 0 Å². The highest BCUT2D eigenvalue weighted by molar-refractivity contribution is 5.78. The Morgan fingerprint density at radius 3 is 1.88 bits per heavy atom. The normalized spacial score (nSPS) is 11.8. The highest BCUT2D eigenvalue weighted by atomic mass is 16.6. The molecule has 0 unspecified atom stereocenters. The Morgan fingerprint density at radius 2 is 1.30 bits per heavy atom. The van der Waals surface area contributed by atoms with Crippen LogP contribution in [0.15, 0.2) is 77.6 Å². The molecule has 0 spiro atoms. The first kappa shape index (κ1) is 31.6. The third-order valence-electron chi connectivity index (χ3n) is 7.49. The highest BCUT2D eigenvalue weighted by Gasteiger charge is 2.31. The van der Waals surface area contributed by atoms with Gasteiger partial charge in [0, 0.05) is 6.42 Å². The third-order valence-corrected chi connectivity index (χ3v) is 7.49. The van der Waals surface area contributed by atoms with E-state index in [1.807, 2.05) is 48.5 Å². The predicted octanol–water partition coefficient (Wildman–Crippen LogP) is 5.95. The van der Waals surface area contributed by atoms with Gasteiger partial charge in [-0.3, -0.25) is 4.57 Å². The Labute approximate surface area is 254 Å². The summed E-state index contributed by atoms with van der Waals surface area (Å²) in [6.45, 7) is 10.8. The molecule has 0 aliphatic heterocycles. The highest BCUT2D eigenvalue weighted by Crippen LogP contribution is 2.23. The molecule has 0 radical (unpaired) electrons. The lowest BCUT2D eigenvalue weighted by atomic mass is 9.87. The first-order chi connectivity index (χ1) is 20.4. The molecule has 0 N–H and O–H groups in total. The summed E-state index contributed by atoms with van der Waals surface area (Å²) in [7, 11) is 2.99. The zero-order valence-corrected chi connectivity index (χ0v) is 26.3. The summed E-state index contributed by atoms with van der Waals surface area (Å²) in [6, 6.07) is 23.9. The van der Waals surface area contributed by atoms with Crippen molar-refractivity contribution in [3.63, 3.8) is 0 Å². The number of benzene rings is 3. The minimum atomic E-state index is -1.07. The van der Waals surface area contributed by atoms with Gasteiger partial charge in [-0.1, -0.05) is 69.3 Å². The largest absolute Gasteiger partial charge is 0.497 e. The first-order valence-corrected chi connectivity index (χ1v) is 14.6. The zero-order valence-electron chi connectivity index (χ0n) is 26.3. The van der Waals surface area contributed by atoms with E-state index in [4.69, 9.17) is 19.3 Å². The molecule has 0 bridgehead atoms. The smallest absolute Gasteiger partial charge is 0.349 e. The molecule has 8 heteroatoms. The van der Waals surface area contributed by atoms with Crippen LogP contribution in [0, 0.1) is 0 Å². The third kappa shape index (κ3) is 8.15. The summed E-state index contributed by atoms with van der Waals surface area (Å²) < 4.78 is 19.3. The van der Waals surface area contributed by atoms with Gasteiger partial charge >= 0.3 is 11.7 Å². The van der Waals surface area contributed by atoms with E-state index in [0.717, 1.165) is 41.1 Å². The topological polar surface area (TPSA) is 84.6 Å². The summed E-state index contributed by atoms with van der Waals surface area (Å²) in [4.78, 5) is 25.5. The average molecular weight is 586 g/mol. The molecule has 4 rings (SSSR count). The molecule has 3 aromatic carbocycles. The monoisotopic (exact) mass is 585 g/mol. The SMILES string of the molecule is COC(=O)C(C)(C)Oc1ccc(CCCc2nn(Cc3ccc(C(C)(C)C)cc3)c(=O)n2Cc2ccc(OC)cc2)cc1. The van der Waals surface area contributed by atoms with Crippen molar-refractivity contribution in [3.05, 3.63) is 111 Å². The van der Waals surface area contributed by atoms with Crippen molar-refractivity contribution in [1.82, 2.24) is 14.3 Å². The summed E-state index contributed by atoms with van der Waals surface area (Å²) in [6.07, 6.45) is 2.26. The van der Waals surface area contributed by atoms with Crippen LogP contribution in [-0.4, -0.2) is 40.1 Å². The molecule has 0 aliphatic rings. The summed E-state index contributed by atoms with van der Waals surface area (Å²) in [5.41, 5.74) is 3.29. The standard InChI is InChI=1S/C35H43N3O5/c1-34(2,3)28-17-11-27(12-18-28)24-38-33(40)37(23-26-15-19-29(41-6)20-16-26)31(36-38)10-8-9-25-13-21-30(22-14-25)43-35(4,5)32(39)42-7/h11-22H,8-10,23-24H2,1-7H3. The van der Waals surface area contributed by atoms with Gasteiger partial charge in [0.25, 0.3) is 0 Å². The van der Waals surface area contributed by atoms with Crippen molar-refractivity contribution in [2.24, 2.45) is 0 Å². The Kier molecular flexibility index (Phi) is 9.79. The number of esters is 1. The second-order valence-corrected chi connectivity index (χ2v) is 12.3. The molecule has 0 saturated carbocycles. The number of ether oxygens (including phenoxy) is 3. The number of hydrogen-bond acceptors (Lipinski definition) is 6. The van der Waals surface area contributed by atoms with E-state index in [1.54, 1.807) is 30.2 Å². The molecule has 0 aliphatic carbocycles. The molecule has 8 nitrogen and oxygen atoms in total. The maximum Gasteiger partial charge on any atom is 0.349 e. The average Bonchev–Trinajstić information content (AvgIpc) is 3.26. The van der Waals surface area contributed by atoms with E-state index in [1.165, 1.54) is 12.7 Å². The van der Waals surface area contributed by atoms with Gasteiger partial charge in [0.2, 0.25) is 0 Å². The van der Waals surface area contributed by atoms with E-state index in [2.05, 4.69) is 45.0 Å². The van der Waals surface area contributed by atoms with E-state index in [-0.39, 0.29) is 11.1 Å². The number of methoxy groups -OCH3 is 2. The van der Waals surface area contributed by atoms with E-state index in [9.17, 15) is 9.59 Å². The van der Waals surface area contributed by atoms with Gasteiger partial charge in [-0.05, 0) is 78.6 Å². The second-order valence-electron chi connectivity index (χ2n) is 12.3. The first-order valence-electron chi connectivity index (χ1n) is 14.6. The van der Waals surface area contributed by atoms with Gasteiger partial charge in [0.15, 0.2) is 5.60 Å². The van der Waals surface area contributed by atoms with Crippen molar-refractivity contribution < 1.29 is 19.0 Å². The quantitative estimate of drug-likeness (QED) is 0.191. The number of carbonyl (C=O) groups is 1. The van der Waals surface area contributed by atoms with Crippen LogP contribution in [0.4, 0.5) is 0 Å². The van der Waals surface area contributed by atoms with Crippen LogP contribution in [-0.2, 0) is 40.9 Å². The summed E-state index contributed by atoms with van der Waals surface area (Å²) in [5.74, 6) is 1.70. The Hall–Kier alpha value is -4.33. The van der Waals surface area contributed by atoms with Crippen molar-refractivity contribution in [3.8, 4) is 11.5 Å². The lowest BCUT2D eigenvalue weighted by Crippen LogP contribution is -2.39. The van der Waals surface area contributed by atoms with Gasteiger partial charge in [0.05, 0.1) is 27.3 Å². The maximum atomic E-state index is 13.6. The van der Waals surface area contributed by atoms with Crippen molar-refractivity contribution >= 4 is 5.97 Å². The van der Waals surface area contributed by atoms with Crippen LogP contribution in [0.1, 0.15) is 69.1 Å². The van der Waals surface area contributed by atoms with Gasteiger partial charge < -0.3 is 14.2 Å². The molecule has 0 saturated heterocycles. The van der Waals surface area contributed by atoms with Crippen LogP contribution >= 0.6 is 0 Å². The second kappa shape index (κ2) is 13.3. The lowest BCUT2D eigenvalue weighted by Gasteiger charge is -2.23. The van der Waals surface area contributed by atoms with Gasteiger partial charge in [-0.2, -0.15) is 5.10 Å². The Morgan fingerprint density at radius 1 is 0.744 bits per heavy atom. The van der Waals surface area contributed by atoms with Crippen LogP contribution < -0.4 is 15.2 Å². The molecule has 0 amide bonds. The minimum Gasteiger partial charge on any atom is -0.497 e. The zero-order chi connectivity index (χ0) is 31.2. The maximum absolute atomic E-state index is 13.6. The van der Waals surface area contributed by atoms with Crippen molar-refractivity contribution in [1.29, 1.82) is 0 Å². The number of aryl methyl sites for hydroxylation is 2. The lowest BCUT2D eigenvalue weighted by molar-refractivity contribution is -0.156. The fourth-order valence-electron chi connectivity index (χ4n) is 4.89. The fraction of sp³-hybridized carbons (Fsp3) is 0.400. The molecular formula is C35H43N3O5. The van der Waals surface area contributed by atoms with E-state index >= 15 is 0 Å². The molecule has 0 atom stereocenters. The van der Waals surface area contributed by atoms with Crippen LogP contribution in [0.3, 0.4) is 0 Å². The molecule has 43 heavy (non-hydrogen) atoms. The molecule has 228 valence electrons. The predicted molar refractivity (Wildman–Crippen MR) is 168 cm³/mol. The van der Waals surface area contributed by atoms with Crippen LogP contribution in [0.25, 0.3) is 0 Å². The Bertz CT molecular complexity index is 1560. The number of hydrogen-bond donors (Lipinski definition) is 0.